The second-order valence-electron chi connectivity index (χ2n) is 4.86. The number of pyridine rings is 1. The summed E-state index contributed by atoms with van der Waals surface area (Å²) in [5, 5.41) is 5.25. The minimum atomic E-state index is 0.850. The number of H-pyrrole nitrogens is 1. The summed E-state index contributed by atoms with van der Waals surface area (Å²) in [5.41, 5.74) is 3.59. The molecule has 2 N–H and O–H groups in total. The van der Waals surface area contributed by atoms with Gasteiger partial charge in [-0.15, -0.1) is 0 Å². The molecule has 0 amide bonds. The molecule has 3 heterocycles. The average Bonchev–Trinajstić information content (AvgIpc) is 2.92. The van der Waals surface area contributed by atoms with Gasteiger partial charge >= 0.3 is 0 Å². The van der Waals surface area contributed by atoms with Crippen LogP contribution in [-0.2, 0) is 0 Å². The summed E-state index contributed by atoms with van der Waals surface area (Å²) in [4.78, 5) is 9.78. The molecule has 0 aliphatic carbocycles. The van der Waals surface area contributed by atoms with Gasteiger partial charge < -0.3 is 15.2 Å². The Kier molecular flexibility index (Phi) is 3.69. The van der Waals surface area contributed by atoms with Gasteiger partial charge in [0.25, 0.3) is 0 Å². The highest BCUT2D eigenvalue weighted by Gasteiger charge is 2.17. The Morgan fingerprint density at radius 2 is 2.45 bits per heavy atom. The monoisotopic (exact) mass is 286 g/mol. The lowest BCUT2D eigenvalue weighted by Crippen LogP contribution is -2.41. The van der Waals surface area contributed by atoms with Crippen LogP contribution in [-0.4, -0.2) is 39.6 Å². The van der Waals surface area contributed by atoms with E-state index in [1.807, 2.05) is 12.3 Å². The average molecular weight is 286 g/mol. The molecule has 2 aromatic heterocycles. The number of hydrogen-bond donors (Lipinski definition) is 2. The summed E-state index contributed by atoms with van der Waals surface area (Å²) < 4.78 is 0. The summed E-state index contributed by atoms with van der Waals surface area (Å²) in [6.45, 7) is 4.77. The van der Waals surface area contributed by atoms with E-state index in [-0.39, 0.29) is 0 Å². The van der Waals surface area contributed by atoms with E-state index in [0.29, 0.717) is 0 Å². The van der Waals surface area contributed by atoms with Gasteiger partial charge in [0.05, 0.1) is 0 Å². The SMILES string of the molecule is CCNC(=S)N1CC=C(c2c[nH]c3ncccc23)CC1. The summed E-state index contributed by atoms with van der Waals surface area (Å²) in [5.74, 6) is 0. The Morgan fingerprint density at radius 3 is 3.20 bits per heavy atom. The molecule has 0 spiro atoms. The topological polar surface area (TPSA) is 44.0 Å². The Labute approximate surface area is 123 Å². The van der Waals surface area contributed by atoms with E-state index < -0.39 is 0 Å². The number of thiocarbonyl (C=S) groups is 1. The maximum absolute atomic E-state index is 5.36. The van der Waals surface area contributed by atoms with E-state index in [9.17, 15) is 0 Å². The number of aromatic nitrogens is 2. The van der Waals surface area contributed by atoms with Crippen molar-refractivity contribution in [2.24, 2.45) is 0 Å². The predicted molar refractivity (Wildman–Crippen MR) is 86.5 cm³/mol. The molecule has 0 radical (unpaired) electrons. The Bertz CT molecular complexity index is 659. The quantitative estimate of drug-likeness (QED) is 0.833. The minimum Gasteiger partial charge on any atom is -0.363 e. The smallest absolute Gasteiger partial charge is 0.169 e. The van der Waals surface area contributed by atoms with Crippen molar-refractivity contribution in [3.8, 4) is 0 Å². The first-order valence-corrected chi connectivity index (χ1v) is 7.34. The lowest BCUT2D eigenvalue weighted by atomic mass is 10.00. The fourth-order valence-corrected chi connectivity index (χ4v) is 2.89. The first-order valence-electron chi connectivity index (χ1n) is 6.94. The summed E-state index contributed by atoms with van der Waals surface area (Å²) in [6.07, 6.45) is 7.15. The molecule has 0 atom stereocenters. The zero-order valence-electron chi connectivity index (χ0n) is 11.5. The summed E-state index contributed by atoms with van der Waals surface area (Å²) >= 11 is 5.36. The van der Waals surface area contributed by atoms with Gasteiger partial charge in [-0.2, -0.15) is 0 Å². The van der Waals surface area contributed by atoms with Crippen molar-refractivity contribution < 1.29 is 0 Å². The van der Waals surface area contributed by atoms with E-state index >= 15 is 0 Å². The Hall–Kier alpha value is -1.88. The fraction of sp³-hybridized carbons (Fsp3) is 0.333. The molecule has 0 unspecified atom stereocenters. The zero-order chi connectivity index (χ0) is 13.9. The van der Waals surface area contributed by atoms with Crippen LogP contribution in [0.25, 0.3) is 16.6 Å². The van der Waals surface area contributed by atoms with Crippen LogP contribution in [0.15, 0.2) is 30.6 Å². The molecule has 1 aliphatic rings. The van der Waals surface area contributed by atoms with E-state index in [1.165, 1.54) is 16.5 Å². The van der Waals surface area contributed by atoms with Gasteiger partial charge in [-0.1, -0.05) is 6.08 Å². The molecule has 4 nitrogen and oxygen atoms in total. The van der Waals surface area contributed by atoms with Gasteiger partial charge in [0.2, 0.25) is 0 Å². The van der Waals surface area contributed by atoms with Gasteiger partial charge in [0.1, 0.15) is 5.65 Å². The standard InChI is InChI=1S/C15H18N4S/c1-2-16-15(20)19-8-5-11(6-9-19)13-10-18-14-12(13)4-3-7-17-14/h3-5,7,10H,2,6,8-9H2,1H3,(H,16,20)(H,17,18). The van der Waals surface area contributed by atoms with Crippen LogP contribution >= 0.6 is 12.2 Å². The van der Waals surface area contributed by atoms with Gasteiger partial charge in [0.15, 0.2) is 5.11 Å². The van der Waals surface area contributed by atoms with Crippen molar-refractivity contribution in [2.45, 2.75) is 13.3 Å². The third kappa shape index (κ3) is 2.41. The molecule has 0 aromatic carbocycles. The van der Waals surface area contributed by atoms with Crippen molar-refractivity contribution >= 4 is 33.9 Å². The molecular formula is C15H18N4S. The van der Waals surface area contributed by atoms with Crippen LogP contribution in [0.1, 0.15) is 18.9 Å². The van der Waals surface area contributed by atoms with Gasteiger partial charge in [-0.25, -0.2) is 4.98 Å². The van der Waals surface area contributed by atoms with E-state index in [4.69, 9.17) is 12.2 Å². The maximum Gasteiger partial charge on any atom is 0.169 e. The summed E-state index contributed by atoms with van der Waals surface area (Å²) in [6, 6.07) is 4.10. The van der Waals surface area contributed by atoms with Gasteiger partial charge in [-0.3, -0.25) is 0 Å². The first-order chi connectivity index (χ1) is 9.79. The molecule has 0 fully saturated rings. The number of aromatic amines is 1. The number of nitrogens with one attached hydrogen (secondary N) is 2. The maximum atomic E-state index is 5.36. The highest BCUT2D eigenvalue weighted by molar-refractivity contribution is 7.80. The molecule has 5 heteroatoms. The lowest BCUT2D eigenvalue weighted by molar-refractivity contribution is 0.452. The van der Waals surface area contributed by atoms with Gasteiger partial charge in [-0.05, 0) is 43.3 Å². The fourth-order valence-electron chi connectivity index (χ4n) is 2.58. The third-order valence-electron chi connectivity index (χ3n) is 3.62. The van der Waals surface area contributed by atoms with Gasteiger partial charge in [0, 0.05) is 43.0 Å². The molecule has 0 saturated heterocycles. The lowest BCUT2D eigenvalue weighted by Gasteiger charge is -2.28. The Morgan fingerprint density at radius 1 is 1.55 bits per heavy atom. The van der Waals surface area contributed by atoms with Crippen molar-refractivity contribution in [3.63, 3.8) is 0 Å². The molecule has 104 valence electrons. The van der Waals surface area contributed by atoms with E-state index in [2.05, 4.69) is 45.4 Å². The van der Waals surface area contributed by atoms with Crippen molar-refractivity contribution in [1.29, 1.82) is 0 Å². The highest BCUT2D eigenvalue weighted by Crippen LogP contribution is 2.28. The van der Waals surface area contributed by atoms with Crippen LogP contribution in [0.3, 0.4) is 0 Å². The number of rotatable bonds is 2. The molecule has 2 aromatic rings. The summed E-state index contributed by atoms with van der Waals surface area (Å²) in [7, 11) is 0. The predicted octanol–water partition coefficient (Wildman–Crippen LogP) is 2.55. The highest BCUT2D eigenvalue weighted by atomic mass is 32.1. The second kappa shape index (κ2) is 5.63. The van der Waals surface area contributed by atoms with Crippen LogP contribution in [0.5, 0.6) is 0 Å². The molecule has 0 bridgehead atoms. The molecular weight excluding hydrogens is 268 g/mol. The third-order valence-corrected chi connectivity index (χ3v) is 4.02. The van der Waals surface area contributed by atoms with E-state index in [1.54, 1.807) is 0 Å². The van der Waals surface area contributed by atoms with Crippen molar-refractivity contribution in [1.82, 2.24) is 20.2 Å². The minimum absolute atomic E-state index is 0.850. The number of nitrogens with zero attached hydrogens (tertiary/aromatic N) is 2. The normalized spacial score (nSPS) is 15.2. The van der Waals surface area contributed by atoms with Crippen LogP contribution in [0, 0.1) is 0 Å². The first kappa shape index (κ1) is 13.1. The van der Waals surface area contributed by atoms with Crippen molar-refractivity contribution in [3.05, 3.63) is 36.2 Å². The number of fused-ring (bicyclic) bond motifs is 1. The molecule has 20 heavy (non-hydrogen) atoms. The molecule has 3 rings (SSSR count). The van der Waals surface area contributed by atoms with E-state index in [0.717, 1.165) is 36.8 Å². The zero-order valence-corrected chi connectivity index (χ0v) is 12.3. The molecule has 0 saturated carbocycles. The van der Waals surface area contributed by atoms with Crippen LogP contribution in [0.2, 0.25) is 0 Å². The molecule has 1 aliphatic heterocycles. The van der Waals surface area contributed by atoms with Crippen LogP contribution < -0.4 is 5.32 Å². The van der Waals surface area contributed by atoms with Crippen LogP contribution in [0.4, 0.5) is 0 Å². The number of hydrogen-bond acceptors (Lipinski definition) is 2. The van der Waals surface area contributed by atoms with Crippen molar-refractivity contribution in [2.75, 3.05) is 19.6 Å². The Balaban J connectivity index is 1.81. The largest absolute Gasteiger partial charge is 0.363 e. The second-order valence-corrected chi connectivity index (χ2v) is 5.25.